The highest BCUT2D eigenvalue weighted by Gasteiger charge is 2.28. The molecule has 2 aromatic carbocycles. The van der Waals surface area contributed by atoms with Gasteiger partial charge in [-0.2, -0.15) is 0 Å². The lowest BCUT2D eigenvalue weighted by molar-refractivity contribution is -0.384. The van der Waals surface area contributed by atoms with Gasteiger partial charge in [0, 0.05) is 31.3 Å². The lowest BCUT2D eigenvalue weighted by atomic mass is 9.91. The summed E-state index contributed by atoms with van der Waals surface area (Å²) in [5.74, 6) is 0.169. The molecular formula is C21H23N3O6. The Balaban J connectivity index is 1.74. The van der Waals surface area contributed by atoms with E-state index in [1.807, 2.05) is 4.90 Å². The van der Waals surface area contributed by atoms with Crippen LogP contribution in [-0.2, 0) is 11.3 Å². The van der Waals surface area contributed by atoms with E-state index in [1.165, 1.54) is 36.4 Å². The minimum absolute atomic E-state index is 0.0577. The van der Waals surface area contributed by atoms with Crippen LogP contribution in [0, 0.1) is 32.1 Å². The van der Waals surface area contributed by atoms with Crippen molar-refractivity contribution in [3.05, 3.63) is 73.8 Å². The molecule has 2 unspecified atom stereocenters. The van der Waals surface area contributed by atoms with Crippen LogP contribution in [0.2, 0.25) is 0 Å². The van der Waals surface area contributed by atoms with Gasteiger partial charge in [0.1, 0.15) is 12.3 Å². The number of benzene rings is 2. The van der Waals surface area contributed by atoms with Crippen LogP contribution in [0.1, 0.15) is 36.2 Å². The lowest BCUT2D eigenvalue weighted by Crippen LogP contribution is -2.39. The molecule has 0 aliphatic carbocycles. The molecule has 0 saturated carbocycles. The van der Waals surface area contributed by atoms with Gasteiger partial charge in [-0.25, -0.2) is 4.79 Å². The predicted octanol–water partition coefficient (Wildman–Crippen LogP) is 4.34. The van der Waals surface area contributed by atoms with Gasteiger partial charge >= 0.3 is 5.97 Å². The quantitative estimate of drug-likeness (QED) is 0.393. The Bertz CT molecular complexity index is 950. The fraction of sp³-hybridized carbons (Fsp3) is 0.381. The first-order valence-electron chi connectivity index (χ1n) is 9.68. The molecular weight excluding hydrogens is 390 g/mol. The van der Waals surface area contributed by atoms with Gasteiger partial charge in [-0.3, -0.25) is 20.2 Å². The third kappa shape index (κ3) is 4.91. The molecule has 1 heterocycles. The van der Waals surface area contributed by atoms with Gasteiger partial charge in [-0.1, -0.05) is 13.8 Å². The second kappa shape index (κ2) is 8.89. The molecule has 1 saturated heterocycles. The second-order valence-electron chi connectivity index (χ2n) is 7.81. The minimum atomic E-state index is -0.691. The Morgan fingerprint density at radius 1 is 1.03 bits per heavy atom. The Morgan fingerprint density at radius 3 is 2.23 bits per heavy atom. The van der Waals surface area contributed by atoms with Crippen LogP contribution in [0.25, 0.3) is 0 Å². The van der Waals surface area contributed by atoms with Crippen LogP contribution in [-0.4, -0.2) is 28.9 Å². The molecule has 1 fully saturated rings. The van der Waals surface area contributed by atoms with E-state index in [4.69, 9.17) is 4.74 Å². The van der Waals surface area contributed by atoms with Gasteiger partial charge in [0.2, 0.25) is 0 Å². The van der Waals surface area contributed by atoms with E-state index in [0.717, 1.165) is 19.5 Å². The van der Waals surface area contributed by atoms with Crippen molar-refractivity contribution in [2.24, 2.45) is 11.8 Å². The zero-order valence-corrected chi connectivity index (χ0v) is 16.8. The van der Waals surface area contributed by atoms with Crippen LogP contribution in [0.5, 0.6) is 0 Å². The summed E-state index contributed by atoms with van der Waals surface area (Å²) in [5.41, 5.74) is 0.992. The first-order valence-corrected chi connectivity index (χ1v) is 9.68. The van der Waals surface area contributed by atoms with Gasteiger partial charge in [0.25, 0.3) is 11.4 Å². The molecule has 0 spiro atoms. The molecule has 1 aliphatic rings. The van der Waals surface area contributed by atoms with Gasteiger partial charge in [0.15, 0.2) is 0 Å². The molecule has 0 aromatic heterocycles. The first-order chi connectivity index (χ1) is 14.2. The second-order valence-corrected chi connectivity index (χ2v) is 7.81. The number of nitrogens with zero attached hydrogens (tertiary/aromatic N) is 3. The number of nitro benzene ring substituents is 2. The van der Waals surface area contributed by atoms with E-state index in [0.29, 0.717) is 23.1 Å². The van der Waals surface area contributed by atoms with Crippen LogP contribution in [0.15, 0.2) is 42.5 Å². The summed E-state index contributed by atoms with van der Waals surface area (Å²) < 4.78 is 5.22. The molecule has 30 heavy (non-hydrogen) atoms. The van der Waals surface area contributed by atoms with Crippen molar-refractivity contribution in [1.29, 1.82) is 0 Å². The number of hydrogen-bond donors (Lipinski definition) is 0. The lowest BCUT2D eigenvalue weighted by Gasteiger charge is -2.36. The minimum Gasteiger partial charge on any atom is -0.457 e. The Morgan fingerprint density at radius 2 is 1.67 bits per heavy atom. The molecule has 1 aliphatic heterocycles. The monoisotopic (exact) mass is 413 g/mol. The molecule has 0 radical (unpaired) electrons. The molecule has 2 atom stereocenters. The number of nitro groups is 2. The smallest absolute Gasteiger partial charge is 0.338 e. The molecule has 3 rings (SSSR count). The van der Waals surface area contributed by atoms with E-state index in [9.17, 15) is 25.0 Å². The molecule has 0 N–H and O–H groups in total. The fourth-order valence-corrected chi connectivity index (χ4v) is 3.87. The number of carbonyl (C=O) groups excluding carboxylic acids is 1. The third-order valence-electron chi connectivity index (χ3n) is 5.13. The van der Waals surface area contributed by atoms with Crippen LogP contribution in [0.4, 0.5) is 17.1 Å². The van der Waals surface area contributed by atoms with Crippen LogP contribution >= 0.6 is 0 Å². The SMILES string of the molecule is CC1CC(C)CN(c2ccc(C(=O)OCc3ccc([N+](=O)[O-])cc3)cc2[N+](=O)[O-])C1. The normalized spacial score (nSPS) is 18.7. The number of carbonyl (C=O) groups is 1. The number of piperidine rings is 1. The van der Waals surface area contributed by atoms with Gasteiger partial charge in [-0.05, 0) is 48.1 Å². The van der Waals surface area contributed by atoms with E-state index < -0.39 is 15.8 Å². The zero-order chi connectivity index (χ0) is 21.8. The predicted molar refractivity (Wildman–Crippen MR) is 110 cm³/mol. The summed E-state index contributed by atoms with van der Waals surface area (Å²) in [6.07, 6.45) is 1.08. The van der Waals surface area contributed by atoms with Crippen LogP contribution in [0.3, 0.4) is 0 Å². The fourth-order valence-electron chi connectivity index (χ4n) is 3.87. The zero-order valence-electron chi connectivity index (χ0n) is 16.8. The number of hydrogen-bond acceptors (Lipinski definition) is 7. The molecule has 0 bridgehead atoms. The topological polar surface area (TPSA) is 116 Å². The first kappa shape index (κ1) is 21.2. The van der Waals surface area contributed by atoms with Crippen molar-refractivity contribution in [3.8, 4) is 0 Å². The molecule has 2 aromatic rings. The third-order valence-corrected chi connectivity index (χ3v) is 5.13. The Kier molecular flexibility index (Phi) is 6.29. The Labute approximate surface area is 173 Å². The summed E-state index contributed by atoms with van der Waals surface area (Å²) in [6.45, 7) is 5.62. The van der Waals surface area contributed by atoms with Crippen LogP contribution < -0.4 is 4.90 Å². The summed E-state index contributed by atoms with van der Waals surface area (Å²) >= 11 is 0. The van der Waals surface area contributed by atoms with Crippen molar-refractivity contribution in [2.75, 3.05) is 18.0 Å². The molecule has 9 heteroatoms. The van der Waals surface area contributed by atoms with Crippen molar-refractivity contribution in [1.82, 2.24) is 0 Å². The average Bonchev–Trinajstić information content (AvgIpc) is 2.71. The summed E-state index contributed by atoms with van der Waals surface area (Å²) in [7, 11) is 0. The maximum Gasteiger partial charge on any atom is 0.338 e. The number of rotatable bonds is 6. The van der Waals surface area contributed by atoms with E-state index >= 15 is 0 Å². The van der Waals surface area contributed by atoms with E-state index in [-0.39, 0.29) is 23.5 Å². The highest BCUT2D eigenvalue weighted by molar-refractivity contribution is 5.91. The number of ether oxygens (including phenoxy) is 1. The average molecular weight is 413 g/mol. The van der Waals surface area contributed by atoms with E-state index in [1.54, 1.807) is 6.07 Å². The highest BCUT2D eigenvalue weighted by atomic mass is 16.6. The van der Waals surface area contributed by atoms with Gasteiger partial charge in [0.05, 0.1) is 15.4 Å². The van der Waals surface area contributed by atoms with Gasteiger partial charge < -0.3 is 9.64 Å². The van der Waals surface area contributed by atoms with Crippen molar-refractivity contribution in [2.45, 2.75) is 26.9 Å². The summed E-state index contributed by atoms with van der Waals surface area (Å²) in [6, 6.07) is 10.0. The number of non-ortho nitro benzene ring substituents is 1. The van der Waals surface area contributed by atoms with E-state index in [2.05, 4.69) is 13.8 Å². The molecule has 0 amide bonds. The molecule has 9 nitrogen and oxygen atoms in total. The number of anilines is 1. The number of esters is 1. The van der Waals surface area contributed by atoms with Crippen molar-refractivity contribution < 1.29 is 19.4 Å². The van der Waals surface area contributed by atoms with Crippen molar-refractivity contribution >= 4 is 23.0 Å². The Hall–Kier alpha value is -3.49. The maximum absolute atomic E-state index is 12.4. The summed E-state index contributed by atoms with van der Waals surface area (Å²) in [4.78, 5) is 35.7. The van der Waals surface area contributed by atoms with Crippen molar-refractivity contribution in [3.63, 3.8) is 0 Å². The van der Waals surface area contributed by atoms with Gasteiger partial charge in [-0.15, -0.1) is 0 Å². The largest absolute Gasteiger partial charge is 0.457 e. The maximum atomic E-state index is 12.4. The highest BCUT2D eigenvalue weighted by Crippen LogP contribution is 2.34. The standard InChI is InChI=1S/C21H23N3O6/c1-14-9-15(2)12-22(11-14)19-8-5-17(10-20(19)24(28)29)21(25)30-13-16-3-6-18(7-4-16)23(26)27/h3-8,10,14-15H,9,11-13H2,1-2H3. The molecule has 158 valence electrons. The summed E-state index contributed by atoms with van der Waals surface area (Å²) in [5, 5.41) is 22.3.